The van der Waals surface area contributed by atoms with Gasteiger partial charge in [-0.3, -0.25) is 0 Å². The Morgan fingerprint density at radius 1 is 1.47 bits per heavy atom. The van der Waals surface area contributed by atoms with Gasteiger partial charge in [-0.1, -0.05) is 30.3 Å². The average molecular weight is 250 g/mol. The lowest BCUT2D eigenvalue weighted by molar-refractivity contribution is -0.00641. The molecule has 0 bridgehead atoms. The first-order chi connectivity index (χ1) is 8.20. The first kappa shape index (κ1) is 12.5. The fraction of sp³-hybridized carbons (Fsp3) is 0.385. The van der Waals surface area contributed by atoms with Gasteiger partial charge in [-0.05, 0) is 19.1 Å². The van der Waals surface area contributed by atoms with Gasteiger partial charge in [0, 0.05) is 12.0 Å². The van der Waals surface area contributed by atoms with Gasteiger partial charge in [0.25, 0.3) is 0 Å². The number of thiocarbonyl (C=S) groups is 1. The van der Waals surface area contributed by atoms with Crippen LogP contribution < -0.4 is 0 Å². The minimum atomic E-state index is -0.397. The van der Waals surface area contributed by atoms with Gasteiger partial charge in [0.2, 0.25) is 0 Å². The molecule has 1 fully saturated rings. The molecule has 2 radical (unpaired) electrons. The number of aliphatic hydroxyl groups is 1. The largest absolute Gasteiger partial charge is 0.477 e. The highest BCUT2D eigenvalue weighted by Gasteiger charge is 2.34. The van der Waals surface area contributed by atoms with Crippen LogP contribution in [0.4, 0.5) is 0 Å². The minimum Gasteiger partial charge on any atom is -0.477 e. The third-order valence-electron chi connectivity index (χ3n) is 2.68. The second-order valence-electron chi connectivity index (χ2n) is 3.94. The van der Waals surface area contributed by atoms with Crippen molar-refractivity contribution in [2.24, 2.45) is 0 Å². The van der Waals surface area contributed by atoms with Gasteiger partial charge in [0.1, 0.15) is 12.2 Å². The molecule has 0 aromatic heterocycles. The van der Waals surface area contributed by atoms with Crippen LogP contribution in [0.15, 0.2) is 30.3 Å². The zero-order valence-corrected chi connectivity index (χ0v) is 10.1. The van der Waals surface area contributed by atoms with E-state index in [0.717, 1.165) is 5.56 Å². The maximum atomic E-state index is 9.13. The number of hydrogen-bond donors (Lipinski definition) is 1. The summed E-state index contributed by atoms with van der Waals surface area (Å²) in [6.07, 6.45) is -0.525. The van der Waals surface area contributed by atoms with Gasteiger partial charge >= 0.3 is 0 Å². The van der Waals surface area contributed by atoms with Crippen LogP contribution in [-0.2, 0) is 9.47 Å². The summed E-state index contributed by atoms with van der Waals surface area (Å²) in [7, 11) is 0. The van der Waals surface area contributed by atoms with Gasteiger partial charge in [0.05, 0.1) is 12.7 Å². The molecule has 0 amide bonds. The molecule has 2 rings (SSSR count). The summed E-state index contributed by atoms with van der Waals surface area (Å²) >= 11 is 5.20. The van der Waals surface area contributed by atoms with Crippen molar-refractivity contribution in [2.45, 2.75) is 24.7 Å². The first-order valence-corrected chi connectivity index (χ1v) is 5.89. The first-order valence-electron chi connectivity index (χ1n) is 5.48. The van der Waals surface area contributed by atoms with Crippen molar-refractivity contribution in [3.05, 3.63) is 42.8 Å². The van der Waals surface area contributed by atoms with Crippen LogP contribution in [0.1, 0.15) is 12.0 Å². The Balaban J connectivity index is 1.99. The topological polar surface area (TPSA) is 38.7 Å². The van der Waals surface area contributed by atoms with E-state index >= 15 is 0 Å². The SMILES string of the molecule is [CH][C@H]1C[C@@H](OC(=S)c2ccccc2)[C@@H](CO)O1. The third kappa shape index (κ3) is 3.03. The number of hydrogen-bond acceptors (Lipinski definition) is 4. The molecule has 90 valence electrons. The molecule has 1 heterocycles. The summed E-state index contributed by atoms with van der Waals surface area (Å²) < 4.78 is 10.9. The summed E-state index contributed by atoms with van der Waals surface area (Å²) in [6, 6.07) is 9.46. The molecule has 1 aromatic carbocycles. The van der Waals surface area contributed by atoms with E-state index in [0.29, 0.717) is 11.5 Å². The van der Waals surface area contributed by atoms with E-state index in [4.69, 9.17) is 33.7 Å². The van der Waals surface area contributed by atoms with E-state index in [9.17, 15) is 0 Å². The fourth-order valence-electron chi connectivity index (χ4n) is 1.81. The highest BCUT2D eigenvalue weighted by molar-refractivity contribution is 7.80. The summed E-state index contributed by atoms with van der Waals surface area (Å²) in [4.78, 5) is 0. The normalized spacial score (nSPS) is 28.0. The predicted octanol–water partition coefficient (Wildman–Crippen LogP) is 1.61. The van der Waals surface area contributed by atoms with Crippen LogP contribution in [0.2, 0.25) is 0 Å². The van der Waals surface area contributed by atoms with Crippen molar-refractivity contribution in [1.29, 1.82) is 0 Å². The second kappa shape index (κ2) is 5.58. The van der Waals surface area contributed by atoms with E-state index in [1.54, 1.807) is 0 Å². The monoisotopic (exact) mass is 250 g/mol. The third-order valence-corrected chi connectivity index (χ3v) is 3.01. The molecule has 0 saturated carbocycles. The molecular formula is C13H14O3S. The predicted molar refractivity (Wildman–Crippen MR) is 67.7 cm³/mol. The van der Waals surface area contributed by atoms with Crippen molar-refractivity contribution in [3.63, 3.8) is 0 Å². The van der Waals surface area contributed by atoms with E-state index < -0.39 is 12.2 Å². The fourth-order valence-corrected chi connectivity index (χ4v) is 2.07. The van der Waals surface area contributed by atoms with Crippen LogP contribution in [0.3, 0.4) is 0 Å². The van der Waals surface area contributed by atoms with Gasteiger partial charge in [-0.2, -0.15) is 0 Å². The molecule has 0 spiro atoms. The maximum Gasteiger partial charge on any atom is 0.191 e. The van der Waals surface area contributed by atoms with Crippen LogP contribution in [-0.4, -0.2) is 35.1 Å². The smallest absolute Gasteiger partial charge is 0.191 e. The Morgan fingerprint density at radius 3 is 2.82 bits per heavy atom. The zero-order chi connectivity index (χ0) is 12.3. The van der Waals surface area contributed by atoms with Crippen LogP contribution in [0.5, 0.6) is 0 Å². The number of aliphatic hydroxyl groups excluding tert-OH is 1. The molecule has 0 aliphatic carbocycles. The molecule has 1 aliphatic rings. The van der Waals surface area contributed by atoms with Crippen molar-refractivity contribution in [3.8, 4) is 0 Å². The second-order valence-corrected chi connectivity index (χ2v) is 4.31. The lowest BCUT2D eigenvalue weighted by Crippen LogP contribution is -2.29. The Hall–Kier alpha value is -0.970. The van der Waals surface area contributed by atoms with E-state index in [1.165, 1.54) is 0 Å². The van der Waals surface area contributed by atoms with E-state index in [2.05, 4.69) is 0 Å². The Kier molecular flexibility index (Phi) is 4.10. The molecule has 17 heavy (non-hydrogen) atoms. The van der Waals surface area contributed by atoms with Crippen molar-refractivity contribution < 1.29 is 14.6 Å². The quantitative estimate of drug-likeness (QED) is 0.827. The van der Waals surface area contributed by atoms with Crippen molar-refractivity contribution in [1.82, 2.24) is 0 Å². The molecule has 0 unspecified atom stereocenters. The van der Waals surface area contributed by atoms with Gasteiger partial charge in [-0.25, -0.2) is 0 Å². The van der Waals surface area contributed by atoms with E-state index in [1.807, 2.05) is 30.3 Å². The Labute approximate surface area is 106 Å². The molecule has 1 aliphatic heterocycles. The van der Waals surface area contributed by atoms with Gasteiger partial charge < -0.3 is 14.6 Å². The van der Waals surface area contributed by atoms with E-state index in [-0.39, 0.29) is 12.7 Å². The van der Waals surface area contributed by atoms with Crippen LogP contribution in [0.25, 0.3) is 0 Å². The average Bonchev–Trinajstić information content (AvgIpc) is 2.70. The van der Waals surface area contributed by atoms with Crippen molar-refractivity contribution >= 4 is 17.3 Å². The highest BCUT2D eigenvalue weighted by atomic mass is 32.1. The Bertz CT molecular complexity index is 380. The van der Waals surface area contributed by atoms with Crippen molar-refractivity contribution in [2.75, 3.05) is 6.61 Å². The molecule has 4 heteroatoms. The molecule has 1 N–H and O–H groups in total. The molecule has 1 saturated heterocycles. The van der Waals surface area contributed by atoms with Gasteiger partial charge in [0.15, 0.2) is 5.05 Å². The standard InChI is InChI=1S/C13H14O3S/c1-9-7-11(12(8-14)15-9)16-13(17)10-5-3-2-4-6-10/h1-6,9,11-12,14H,7-8H2/t9-,11+,12+/m0/s1. The highest BCUT2D eigenvalue weighted by Crippen LogP contribution is 2.23. The summed E-state index contributed by atoms with van der Waals surface area (Å²) in [5.41, 5.74) is 0.847. The number of ether oxygens (including phenoxy) is 2. The molecular weight excluding hydrogens is 236 g/mol. The molecule has 3 atom stereocenters. The summed E-state index contributed by atoms with van der Waals surface area (Å²) in [5.74, 6) is 0. The van der Waals surface area contributed by atoms with Crippen LogP contribution in [0, 0.1) is 6.92 Å². The number of benzene rings is 1. The maximum absolute atomic E-state index is 9.13. The van der Waals surface area contributed by atoms with Gasteiger partial charge in [-0.15, -0.1) is 0 Å². The molecule has 1 aromatic rings. The van der Waals surface area contributed by atoms with Crippen LogP contribution >= 0.6 is 12.2 Å². The lowest BCUT2D eigenvalue weighted by atomic mass is 10.1. The summed E-state index contributed by atoms with van der Waals surface area (Å²) in [5, 5.41) is 9.54. The molecule has 3 nitrogen and oxygen atoms in total. The number of rotatable bonds is 3. The Morgan fingerprint density at radius 2 is 2.18 bits per heavy atom. The zero-order valence-electron chi connectivity index (χ0n) is 9.28. The minimum absolute atomic E-state index is 0.115. The summed E-state index contributed by atoms with van der Waals surface area (Å²) in [6.45, 7) is 5.53. The lowest BCUT2D eigenvalue weighted by Gasteiger charge is -2.18.